The van der Waals surface area contributed by atoms with Crippen LogP contribution in [0.5, 0.6) is 0 Å². The number of aliphatic imine (C=N–C) groups is 1. The maximum absolute atomic E-state index is 10.3. The van der Waals surface area contributed by atoms with Gasteiger partial charge in [-0.15, -0.1) is 0 Å². The minimum Gasteiger partial charge on any atom is -0.211 e. The first kappa shape index (κ1) is 13.4. The minimum absolute atomic E-state index is 0.262. The second kappa shape index (κ2) is 9.59. The molecular formula is C14H25NO. The quantitative estimate of drug-likeness (QED) is 0.479. The third-order valence-corrected chi connectivity index (χ3v) is 3.56. The molecule has 92 valence electrons. The van der Waals surface area contributed by atoms with Crippen LogP contribution in [0.3, 0.4) is 0 Å². The van der Waals surface area contributed by atoms with Crippen LogP contribution in [-0.2, 0) is 4.79 Å². The van der Waals surface area contributed by atoms with Crippen LogP contribution < -0.4 is 0 Å². The van der Waals surface area contributed by atoms with Crippen molar-refractivity contribution in [3.8, 4) is 0 Å². The Labute approximate surface area is 99.5 Å². The zero-order valence-electron chi connectivity index (χ0n) is 10.4. The van der Waals surface area contributed by atoms with Crippen molar-refractivity contribution >= 4 is 6.08 Å². The SMILES string of the molecule is O=C=NC1CCCCCCCCCCCC1. The standard InChI is InChI=1S/C14H25NO/c16-13-15-14-11-9-7-5-3-1-2-4-6-8-10-12-14/h14H,1-12H2. The molecule has 0 bridgehead atoms. The van der Waals surface area contributed by atoms with Crippen LogP contribution >= 0.6 is 0 Å². The Morgan fingerprint density at radius 2 is 1.06 bits per heavy atom. The molecule has 2 heteroatoms. The van der Waals surface area contributed by atoms with E-state index in [4.69, 9.17) is 0 Å². The van der Waals surface area contributed by atoms with Crippen LogP contribution in [-0.4, -0.2) is 12.1 Å². The van der Waals surface area contributed by atoms with E-state index < -0.39 is 0 Å². The fourth-order valence-corrected chi connectivity index (χ4v) is 2.52. The molecule has 1 aliphatic rings. The molecule has 0 heterocycles. The van der Waals surface area contributed by atoms with Gasteiger partial charge in [0.05, 0.1) is 6.04 Å². The highest BCUT2D eigenvalue weighted by molar-refractivity contribution is 5.33. The first-order valence-corrected chi connectivity index (χ1v) is 7.00. The van der Waals surface area contributed by atoms with Crippen molar-refractivity contribution in [3.63, 3.8) is 0 Å². The highest BCUT2D eigenvalue weighted by atomic mass is 16.1. The summed E-state index contributed by atoms with van der Waals surface area (Å²) in [5, 5.41) is 0. The van der Waals surface area contributed by atoms with Crippen molar-refractivity contribution in [2.75, 3.05) is 0 Å². The largest absolute Gasteiger partial charge is 0.235 e. The van der Waals surface area contributed by atoms with Crippen molar-refractivity contribution in [2.45, 2.75) is 83.1 Å². The van der Waals surface area contributed by atoms with Crippen molar-refractivity contribution < 1.29 is 4.79 Å². The molecule has 16 heavy (non-hydrogen) atoms. The number of hydrogen-bond acceptors (Lipinski definition) is 2. The van der Waals surface area contributed by atoms with E-state index in [1.165, 1.54) is 64.2 Å². The molecule has 1 fully saturated rings. The van der Waals surface area contributed by atoms with Crippen molar-refractivity contribution in [2.24, 2.45) is 4.99 Å². The topological polar surface area (TPSA) is 29.4 Å². The summed E-state index contributed by atoms with van der Waals surface area (Å²) < 4.78 is 0. The second-order valence-electron chi connectivity index (χ2n) is 4.99. The molecule has 1 saturated carbocycles. The number of isocyanates is 1. The molecule has 0 unspecified atom stereocenters. The van der Waals surface area contributed by atoms with Crippen LogP contribution in [0.15, 0.2) is 4.99 Å². The molecule has 0 radical (unpaired) electrons. The summed E-state index contributed by atoms with van der Waals surface area (Å²) in [6, 6.07) is 0.262. The summed E-state index contributed by atoms with van der Waals surface area (Å²) in [6.45, 7) is 0. The molecule has 2 nitrogen and oxygen atoms in total. The normalized spacial score (nSPS) is 22.2. The molecule has 0 amide bonds. The van der Waals surface area contributed by atoms with Gasteiger partial charge in [0.15, 0.2) is 0 Å². The van der Waals surface area contributed by atoms with Crippen LogP contribution in [0.4, 0.5) is 0 Å². The summed E-state index contributed by atoms with van der Waals surface area (Å²) >= 11 is 0. The Morgan fingerprint density at radius 1 is 0.688 bits per heavy atom. The molecule has 1 rings (SSSR count). The van der Waals surface area contributed by atoms with Crippen LogP contribution in [0, 0.1) is 0 Å². The Balaban J connectivity index is 2.28. The molecule has 0 N–H and O–H groups in total. The van der Waals surface area contributed by atoms with Gasteiger partial charge in [0.25, 0.3) is 0 Å². The lowest BCUT2D eigenvalue weighted by Crippen LogP contribution is -2.04. The summed E-state index contributed by atoms with van der Waals surface area (Å²) in [5.74, 6) is 0. The fourth-order valence-electron chi connectivity index (χ4n) is 2.52. The Bertz CT molecular complexity index is 195. The van der Waals surface area contributed by atoms with Gasteiger partial charge in [-0.2, -0.15) is 0 Å². The second-order valence-corrected chi connectivity index (χ2v) is 4.99. The Morgan fingerprint density at radius 3 is 1.44 bits per heavy atom. The molecule has 0 aliphatic heterocycles. The van der Waals surface area contributed by atoms with Gasteiger partial charge in [-0.3, -0.25) is 0 Å². The lowest BCUT2D eigenvalue weighted by molar-refractivity contribution is 0.491. The average Bonchev–Trinajstić information content (AvgIpc) is 2.31. The third-order valence-electron chi connectivity index (χ3n) is 3.56. The van der Waals surface area contributed by atoms with E-state index in [0.29, 0.717) is 0 Å². The molecular weight excluding hydrogens is 198 g/mol. The smallest absolute Gasteiger partial charge is 0.211 e. The van der Waals surface area contributed by atoms with Crippen LogP contribution in [0.1, 0.15) is 77.0 Å². The van der Waals surface area contributed by atoms with E-state index in [0.717, 1.165) is 12.8 Å². The van der Waals surface area contributed by atoms with Gasteiger partial charge < -0.3 is 0 Å². The van der Waals surface area contributed by atoms with Crippen LogP contribution in [0.25, 0.3) is 0 Å². The molecule has 0 saturated heterocycles. The van der Waals surface area contributed by atoms with E-state index in [1.807, 2.05) is 0 Å². The Hall–Kier alpha value is -0.620. The number of rotatable bonds is 1. The van der Waals surface area contributed by atoms with E-state index in [-0.39, 0.29) is 6.04 Å². The molecule has 1 aliphatic carbocycles. The van der Waals surface area contributed by atoms with Gasteiger partial charge in [0, 0.05) is 0 Å². The summed E-state index contributed by atoms with van der Waals surface area (Å²) in [6.07, 6.45) is 17.3. The molecule has 0 aromatic heterocycles. The van der Waals surface area contributed by atoms with Gasteiger partial charge in [-0.1, -0.05) is 64.2 Å². The first-order chi connectivity index (χ1) is 7.93. The summed E-state index contributed by atoms with van der Waals surface area (Å²) in [4.78, 5) is 14.2. The van der Waals surface area contributed by atoms with E-state index >= 15 is 0 Å². The first-order valence-electron chi connectivity index (χ1n) is 7.00. The highest BCUT2D eigenvalue weighted by Gasteiger charge is 2.07. The zero-order chi connectivity index (χ0) is 11.5. The maximum atomic E-state index is 10.3. The van der Waals surface area contributed by atoms with E-state index in [9.17, 15) is 4.79 Å². The molecule has 0 spiro atoms. The molecule has 0 aromatic carbocycles. The van der Waals surface area contributed by atoms with Gasteiger partial charge in [-0.25, -0.2) is 9.79 Å². The third kappa shape index (κ3) is 6.79. The monoisotopic (exact) mass is 223 g/mol. The summed E-state index contributed by atoms with van der Waals surface area (Å²) in [7, 11) is 0. The van der Waals surface area contributed by atoms with Gasteiger partial charge >= 0.3 is 0 Å². The summed E-state index contributed by atoms with van der Waals surface area (Å²) in [5.41, 5.74) is 0. The fraction of sp³-hybridized carbons (Fsp3) is 0.929. The molecule has 0 aromatic rings. The van der Waals surface area contributed by atoms with E-state index in [2.05, 4.69) is 4.99 Å². The van der Waals surface area contributed by atoms with Gasteiger partial charge in [0.2, 0.25) is 6.08 Å². The zero-order valence-corrected chi connectivity index (χ0v) is 10.4. The minimum atomic E-state index is 0.262. The van der Waals surface area contributed by atoms with Crippen molar-refractivity contribution in [1.82, 2.24) is 0 Å². The lowest BCUT2D eigenvalue weighted by atomic mass is 10.0. The van der Waals surface area contributed by atoms with Gasteiger partial charge in [-0.05, 0) is 12.8 Å². The van der Waals surface area contributed by atoms with Crippen molar-refractivity contribution in [1.29, 1.82) is 0 Å². The predicted octanol–water partition coefficient (Wildman–Crippen LogP) is 4.39. The van der Waals surface area contributed by atoms with E-state index in [1.54, 1.807) is 6.08 Å². The highest BCUT2D eigenvalue weighted by Crippen LogP contribution is 2.18. The average molecular weight is 223 g/mol. The van der Waals surface area contributed by atoms with Crippen molar-refractivity contribution in [3.05, 3.63) is 0 Å². The maximum Gasteiger partial charge on any atom is 0.235 e. The predicted molar refractivity (Wildman–Crippen MR) is 67.3 cm³/mol. The van der Waals surface area contributed by atoms with Gasteiger partial charge in [0.1, 0.15) is 0 Å². The lowest BCUT2D eigenvalue weighted by Gasteiger charge is -2.09. The number of nitrogens with zero attached hydrogens (tertiary/aromatic N) is 1. The van der Waals surface area contributed by atoms with Crippen LogP contribution in [0.2, 0.25) is 0 Å². The number of carbonyl (C=O) groups excluding carboxylic acids is 1. The Kier molecular flexibility index (Phi) is 8.06. The number of hydrogen-bond donors (Lipinski definition) is 0. The molecule has 0 atom stereocenters.